The zero-order chi connectivity index (χ0) is 15.5. The van der Waals surface area contributed by atoms with Gasteiger partial charge in [-0.25, -0.2) is 13.4 Å². The second kappa shape index (κ2) is 6.89. The van der Waals surface area contributed by atoms with Crippen LogP contribution in [0, 0.1) is 6.92 Å². The molecule has 0 spiro atoms. The Morgan fingerprint density at radius 3 is 2.52 bits per heavy atom. The van der Waals surface area contributed by atoms with Crippen molar-refractivity contribution in [3.63, 3.8) is 0 Å². The molecule has 2 heterocycles. The highest BCUT2D eigenvalue weighted by atomic mass is 32.2. The third-order valence-corrected chi connectivity index (χ3v) is 5.81. The molecule has 7 heteroatoms. The summed E-state index contributed by atoms with van der Waals surface area (Å²) in [5.41, 5.74) is 0. The van der Waals surface area contributed by atoms with Crippen LogP contribution in [-0.4, -0.2) is 48.0 Å². The maximum absolute atomic E-state index is 12.6. The standard InChI is InChI=1S/C14H26N4O2S/c1-4-8-15-13-6-9-18(10-7-13)21(19,20)14-11-17(5-2)12(3)16-14/h11,13,15H,4-10H2,1-3H3. The molecule has 1 aliphatic heterocycles. The Labute approximate surface area is 127 Å². The van der Waals surface area contributed by atoms with Gasteiger partial charge in [0, 0.05) is 31.9 Å². The van der Waals surface area contributed by atoms with Crippen molar-refractivity contribution in [2.75, 3.05) is 19.6 Å². The molecule has 0 radical (unpaired) electrons. The molecule has 2 rings (SSSR count). The number of hydrogen-bond donors (Lipinski definition) is 1. The van der Waals surface area contributed by atoms with Gasteiger partial charge in [0.2, 0.25) is 0 Å². The monoisotopic (exact) mass is 314 g/mol. The molecule has 0 bridgehead atoms. The summed E-state index contributed by atoms with van der Waals surface area (Å²) in [5, 5.41) is 3.65. The normalized spacial score (nSPS) is 18.2. The fourth-order valence-electron chi connectivity index (χ4n) is 2.70. The van der Waals surface area contributed by atoms with Crippen LogP contribution in [0.15, 0.2) is 11.2 Å². The molecule has 0 aliphatic carbocycles. The van der Waals surface area contributed by atoms with E-state index in [4.69, 9.17) is 0 Å². The van der Waals surface area contributed by atoms with Crippen molar-refractivity contribution in [3.05, 3.63) is 12.0 Å². The van der Waals surface area contributed by atoms with Gasteiger partial charge in [-0.05, 0) is 39.7 Å². The van der Waals surface area contributed by atoms with E-state index in [0.29, 0.717) is 19.1 Å². The van der Waals surface area contributed by atoms with Crippen molar-refractivity contribution >= 4 is 10.0 Å². The lowest BCUT2D eigenvalue weighted by Crippen LogP contribution is -2.45. The summed E-state index contributed by atoms with van der Waals surface area (Å²) in [6.07, 6.45) is 4.48. The molecule has 6 nitrogen and oxygen atoms in total. The minimum atomic E-state index is -3.44. The first kappa shape index (κ1) is 16.5. The van der Waals surface area contributed by atoms with E-state index in [2.05, 4.69) is 17.2 Å². The molecule has 120 valence electrons. The minimum Gasteiger partial charge on any atom is -0.334 e. The van der Waals surface area contributed by atoms with Crippen molar-refractivity contribution in [2.45, 2.75) is 57.6 Å². The van der Waals surface area contributed by atoms with Gasteiger partial charge in [0.1, 0.15) is 5.82 Å². The highest BCUT2D eigenvalue weighted by Gasteiger charge is 2.31. The van der Waals surface area contributed by atoms with Crippen molar-refractivity contribution in [1.29, 1.82) is 0 Å². The number of nitrogens with zero attached hydrogens (tertiary/aromatic N) is 3. The van der Waals surface area contributed by atoms with E-state index in [-0.39, 0.29) is 5.03 Å². The molecule has 1 N–H and O–H groups in total. The highest BCUT2D eigenvalue weighted by Crippen LogP contribution is 2.20. The third kappa shape index (κ3) is 3.64. The number of imidazole rings is 1. The Morgan fingerprint density at radius 2 is 2.00 bits per heavy atom. The highest BCUT2D eigenvalue weighted by molar-refractivity contribution is 7.89. The van der Waals surface area contributed by atoms with Crippen LogP contribution in [0.2, 0.25) is 0 Å². The number of sulfonamides is 1. The van der Waals surface area contributed by atoms with Crippen LogP contribution in [0.1, 0.15) is 38.9 Å². The van der Waals surface area contributed by atoms with Crippen molar-refractivity contribution in [3.8, 4) is 0 Å². The maximum atomic E-state index is 12.6. The van der Waals surface area contributed by atoms with Gasteiger partial charge in [-0.2, -0.15) is 4.31 Å². The number of piperidine rings is 1. The van der Waals surface area contributed by atoms with E-state index in [9.17, 15) is 8.42 Å². The van der Waals surface area contributed by atoms with Crippen LogP contribution in [0.3, 0.4) is 0 Å². The second-order valence-electron chi connectivity index (χ2n) is 5.54. The first-order chi connectivity index (χ1) is 9.98. The molecule has 1 aromatic rings. The third-order valence-electron chi connectivity index (χ3n) is 4.04. The first-order valence-electron chi connectivity index (χ1n) is 7.76. The predicted molar refractivity (Wildman–Crippen MR) is 82.7 cm³/mol. The minimum absolute atomic E-state index is 0.182. The van der Waals surface area contributed by atoms with Gasteiger partial charge in [0.15, 0.2) is 5.03 Å². The van der Waals surface area contributed by atoms with Gasteiger partial charge >= 0.3 is 0 Å². The molecule has 1 aliphatic rings. The Balaban J connectivity index is 2.04. The van der Waals surface area contributed by atoms with Crippen LogP contribution in [0.4, 0.5) is 0 Å². The van der Waals surface area contributed by atoms with Gasteiger partial charge < -0.3 is 9.88 Å². The largest absolute Gasteiger partial charge is 0.334 e. The summed E-state index contributed by atoms with van der Waals surface area (Å²) < 4.78 is 28.7. The molecular formula is C14H26N4O2S. The SMILES string of the molecule is CCCNC1CCN(S(=O)(=O)c2cn(CC)c(C)n2)CC1. The van der Waals surface area contributed by atoms with E-state index < -0.39 is 10.0 Å². The topological polar surface area (TPSA) is 67.2 Å². The Morgan fingerprint density at radius 1 is 1.33 bits per heavy atom. The van der Waals surface area contributed by atoms with Gasteiger partial charge in [-0.3, -0.25) is 0 Å². The molecular weight excluding hydrogens is 288 g/mol. The lowest BCUT2D eigenvalue weighted by atomic mass is 10.1. The molecule has 0 saturated carbocycles. The number of hydrogen-bond acceptors (Lipinski definition) is 4. The molecule has 0 amide bonds. The van der Waals surface area contributed by atoms with E-state index in [0.717, 1.165) is 38.2 Å². The number of rotatable bonds is 6. The van der Waals surface area contributed by atoms with Crippen LogP contribution in [-0.2, 0) is 16.6 Å². The first-order valence-corrected chi connectivity index (χ1v) is 9.20. The smallest absolute Gasteiger partial charge is 0.262 e. The van der Waals surface area contributed by atoms with Gasteiger partial charge in [-0.15, -0.1) is 0 Å². The molecule has 21 heavy (non-hydrogen) atoms. The quantitative estimate of drug-likeness (QED) is 0.861. The van der Waals surface area contributed by atoms with Crippen LogP contribution >= 0.6 is 0 Å². The molecule has 1 saturated heterocycles. The molecule has 0 atom stereocenters. The van der Waals surface area contributed by atoms with E-state index in [1.165, 1.54) is 0 Å². The Kier molecular flexibility index (Phi) is 5.40. The molecule has 1 aromatic heterocycles. The van der Waals surface area contributed by atoms with E-state index >= 15 is 0 Å². The average Bonchev–Trinajstić information content (AvgIpc) is 2.87. The maximum Gasteiger partial charge on any atom is 0.262 e. The number of nitrogens with one attached hydrogen (secondary N) is 1. The molecule has 0 aromatic carbocycles. The zero-order valence-electron chi connectivity index (χ0n) is 13.2. The molecule has 0 unspecified atom stereocenters. The number of aromatic nitrogens is 2. The van der Waals surface area contributed by atoms with E-state index in [1.807, 2.05) is 18.4 Å². The van der Waals surface area contributed by atoms with Crippen molar-refractivity contribution < 1.29 is 8.42 Å². The summed E-state index contributed by atoms with van der Waals surface area (Å²) >= 11 is 0. The van der Waals surface area contributed by atoms with Gasteiger partial charge in [0.25, 0.3) is 10.0 Å². The lowest BCUT2D eigenvalue weighted by Gasteiger charge is -2.31. The number of aryl methyl sites for hydroxylation is 2. The summed E-state index contributed by atoms with van der Waals surface area (Å²) in [6.45, 7) is 8.83. The second-order valence-corrected chi connectivity index (χ2v) is 7.43. The van der Waals surface area contributed by atoms with Crippen LogP contribution in [0.25, 0.3) is 0 Å². The summed E-state index contributed by atoms with van der Waals surface area (Å²) in [7, 11) is -3.44. The fraction of sp³-hybridized carbons (Fsp3) is 0.786. The fourth-order valence-corrected chi connectivity index (χ4v) is 4.17. The van der Waals surface area contributed by atoms with E-state index in [1.54, 1.807) is 10.5 Å². The predicted octanol–water partition coefficient (Wildman–Crippen LogP) is 1.36. The Bertz CT molecular complexity index is 560. The van der Waals surface area contributed by atoms with Gasteiger partial charge in [-0.1, -0.05) is 6.92 Å². The Hall–Kier alpha value is -0.920. The zero-order valence-corrected chi connectivity index (χ0v) is 14.0. The summed E-state index contributed by atoms with van der Waals surface area (Å²) in [5.74, 6) is 0.746. The summed E-state index contributed by atoms with van der Waals surface area (Å²) in [4.78, 5) is 4.21. The van der Waals surface area contributed by atoms with Crippen LogP contribution in [0.5, 0.6) is 0 Å². The van der Waals surface area contributed by atoms with Crippen molar-refractivity contribution in [2.24, 2.45) is 0 Å². The molecule has 1 fully saturated rings. The lowest BCUT2D eigenvalue weighted by molar-refractivity contribution is 0.289. The van der Waals surface area contributed by atoms with Crippen LogP contribution < -0.4 is 5.32 Å². The average molecular weight is 314 g/mol. The van der Waals surface area contributed by atoms with Crippen molar-refractivity contribution in [1.82, 2.24) is 19.2 Å². The van der Waals surface area contributed by atoms with Gasteiger partial charge in [0.05, 0.1) is 0 Å². The summed E-state index contributed by atoms with van der Waals surface area (Å²) in [6, 6.07) is 0.436.